The molecule has 0 unspecified atom stereocenters. The normalized spacial score (nSPS) is 30.1. The molecule has 1 N–H and O–H groups in total. The minimum Gasteiger partial charge on any atom is -0.447 e. The Labute approximate surface area is 153 Å². The fourth-order valence-corrected chi connectivity index (χ4v) is 4.98. The number of alkyl carbamates (subject to hydrolysis) is 1. The largest absolute Gasteiger partial charge is 0.447 e. The van der Waals surface area contributed by atoms with Crippen molar-refractivity contribution in [2.75, 3.05) is 19.7 Å². The summed E-state index contributed by atoms with van der Waals surface area (Å²) in [6, 6.07) is 6.86. The first-order chi connectivity index (χ1) is 12.6. The highest BCUT2D eigenvalue weighted by molar-refractivity contribution is 5.81. The van der Waals surface area contributed by atoms with Gasteiger partial charge in [-0.25, -0.2) is 4.79 Å². The van der Waals surface area contributed by atoms with E-state index >= 15 is 0 Å². The summed E-state index contributed by atoms with van der Waals surface area (Å²) in [5.41, 5.74) is 3.92. The van der Waals surface area contributed by atoms with Gasteiger partial charge in [0.1, 0.15) is 6.61 Å². The smallest absolute Gasteiger partial charge is 0.407 e. The number of carbonyl (C=O) groups is 2. The van der Waals surface area contributed by atoms with Crippen LogP contribution >= 0.6 is 0 Å². The molecule has 26 heavy (non-hydrogen) atoms. The standard InChI is InChI=1S/C21H24N2O3/c24-19(18-11-21(12-18)13-26-20(25)22-21)23-8-6-15(7-9-23)17-5-4-14-2-1-3-16(14)10-17/h1,3-5,10,15,18H,2,6-9,11-13H2,(H,22,25)/t18-,21+. The van der Waals surface area contributed by atoms with E-state index in [1.165, 1.54) is 16.7 Å². The predicted molar refractivity (Wildman–Crippen MR) is 97.7 cm³/mol. The molecule has 5 nitrogen and oxygen atoms in total. The Bertz CT molecular complexity index is 786. The van der Waals surface area contributed by atoms with Crippen LogP contribution in [-0.2, 0) is 16.0 Å². The number of benzene rings is 1. The van der Waals surface area contributed by atoms with Crippen LogP contribution in [0.3, 0.4) is 0 Å². The number of likely N-dealkylation sites (tertiary alicyclic amines) is 1. The van der Waals surface area contributed by atoms with E-state index in [0.717, 1.165) is 32.4 Å². The van der Waals surface area contributed by atoms with Crippen molar-refractivity contribution in [2.24, 2.45) is 5.92 Å². The van der Waals surface area contributed by atoms with Gasteiger partial charge in [0, 0.05) is 19.0 Å². The minimum absolute atomic E-state index is 0.0404. The molecule has 136 valence electrons. The second-order valence-electron chi connectivity index (χ2n) is 8.25. The van der Waals surface area contributed by atoms with Gasteiger partial charge in [0.2, 0.25) is 5.91 Å². The van der Waals surface area contributed by atoms with Gasteiger partial charge in [0.15, 0.2) is 0 Å². The number of hydrogen-bond acceptors (Lipinski definition) is 3. The van der Waals surface area contributed by atoms with Crippen LogP contribution < -0.4 is 5.32 Å². The van der Waals surface area contributed by atoms with E-state index in [1.807, 2.05) is 4.90 Å². The van der Waals surface area contributed by atoms with E-state index in [1.54, 1.807) is 0 Å². The highest BCUT2D eigenvalue weighted by atomic mass is 16.6. The van der Waals surface area contributed by atoms with Gasteiger partial charge >= 0.3 is 6.09 Å². The number of fused-ring (bicyclic) bond motifs is 1. The molecule has 2 heterocycles. The van der Waals surface area contributed by atoms with Crippen LogP contribution in [0.5, 0.6) is 0 Å². The Morgan fingerprint density at radius 2 is 2.04 bits per heavy atom. The maximum absolute atomic E-state index is 12.8. The van der Waals surface area contributed by atoms with Gasteiger partial charge in [-0.15, -0.1) is 0 Å². The number of rotatable bonds is 2. The van der Waals surface area contributed by atoms with E-state index in [2.05, 4.69) is 35.7 Å². The van der Waals surface area contributed by atoms with E-state index < -0.39 is 0 Å². The van der Waals surface area contributed by atoms with Crippen LogP contribution in [0.1, 0.15) is 48.3 Å². The number of nitrogens with one attached hydrogen (secondary N) is 1. The number of amides is 2. The highest BCUT2D eigenvalue weighted by Crippen LogP contribution is 2.42. The lowest BCUT2D eigenvalue weighted by Crippen LogP contribution is -2.58. The average Bonchev–Trinajstić information content (AvgIpc) is 3.26. The zero-order valence-corrected chi connectivity index (χ0v) is 14.9. The third-order valence-electron chi connectivity index (χ3n) is 6.55. The van der Waals surface area contributed by atoms with Crippen molar-refractivity contribution in [3.05, 3.63) is 41.0 Å². The molecule has 1 saturated carbocycles. The minimum atomic E-state index is -0.346. The average molecular weight is 352 g/mol. The van der Waals surface area contributed by atoms with Gasteiger partial charge in [-0.05, 0) is 54.7 Å². The SMILES string of the molecule is O=C1N[C@]2(CO1)C[C@H](C(=O)N1CCC(c3ccc4c(c3)C=CC4)CC1)C2. The Balaban J connectivity index is 1.17. The second-order valence-corrected chi connectivity index (χ2v) is 8.25. The Hall–Kier alpha value is -2.30. The topological polar surface area (TPSA) is 58.6 Å². The molecule has 3 fully saturated rings. The Morgan fingerprint density at radius 1 is 1.23 bits per heavy atom. The van der Waals surface area contributed by atoms with E-state index in [4.69, 9.17) is 4.74 Å². The molecule has 0 aromatic heterocycles. The van der Waals surface area contributed by atoms with Crippen molar-refractivity contribution in [3.63, 3.8) is 0 Å². The third-order valence-corrected chi connectivity index (χ3v) is 6.55. The summed E-state index contributed by atoms with van der Waals surface area (Å²) in [6.07, 6.45) is 8.65. The maximum Gasteiger partial charge on any atom is 0.407 e. The lowest BCUT2D eigenvalue weighted by molar-refractivity contribution is -0.142. The van der Waals surface area contributed by atoms with E-state index in [0.29, 0.717) is 25.4 Å². The van der Waals surface area contributed by atoms with Crippen LogP contribution in [0, 0.1) is 5.92 Å². The lowest BCUT2D eigenvalue weighted by atomic mass is 9.68. The fraction of sp³-hybridized carbons (Fsp3) is 0.524. The zero-order chi connectivity index (χ0) is 17.7. The number of hydrogen-bond donors (Lipinski definition) is 1. The predicted octanol–water partition coefficient (Wildman–Crippen LogP) is 2.85. The van der Waals surface area contributed by atoms with Crippen molar-refractivity contribution in [3.8, 4) is 0 Å². The van der Waals surface area contributed by atoms with Crippen LogP contribution in [-0.4, -0.2) is 42.1 Å². The van der Waals surface area contributed by atoms with Crippen LogP contribution in [0.25, 0.3) is 6.08 Å². The summed E-state index contributed by atoms with van der Waals surface area (Å²) in [5.74, 6) is 0.847. The van der Waals surface area contributed by atoms with Gasteiger partial charge in [0.05, 0.1) is 5.54 Å². The summed E-state index contributed by atoms with van der Waals surface area (Å²) in [7, 11) is 0. The summed E-state index contributed by atoms with van der Waals surface area (Å²) in [5, 5.41) is 2.87. The maximum atomic E-state index is 12.8. The quantitative estimate of drug-likeness (QED) is 0.890. The van der Waals surface area contributed by atoms with Crippen molar-refractivity contribution in [2.45, 2.75) is 43.6 Å². The van der Waals surface area contributed by atoms with Crippen molar-refractivity contribution < 1.29 is 14.3 Å². The number of allylic oxidation sites excluding steroid dienone is 1. The van der Waals surface area contributed by atoms with E-state index in [-0.39, 0.29) is 23.5 Å². The van der Waals surface area contributed by atoms with Crippen LogP contribution in [0.2, 0.25) is 0 Å². The summed E-state index contributed by atoms with van der Waals surface area (Å²) >= 11 is 0. The first kappa shape index (κ1) is 15.9. The summed E-state index contributed by atoms with van der Waals surface area (Å²) < 4.78 is 5.00. The Kier molecular flexibility index (Phi) is 3.59. The molecule has 5 heteroatoms. The number of ether oxygens (including phenoxy) is 1. The highest BCUT2D eigenvalue weighted by Gasteiger charge is 2.53. The molecule has 1 aromatic rings. The fourth-order valence-electron chi connectivity index (χ4n) is 4.98. The molecule has 2 aliphatic heterocycles. The van der Waals surface area contributed by atoms with Crippen molar-refractivity contribution in [1.82, 2.24) is 10.2 Å². The van der Waals surface area contributed by atoms with Crippen LogP contribution in [0.4, 0.5) is 4.79 Å². The van der Waals surface area contributed by atoms with Crippen LogP contribution in [0.15, 0.2) is 24.3 Å². The molecule has 4 aliphatic rings. The van der Waals surface area contributed by atoms with Crippen molar-refractivity contribution >= 4 is 18.1 Å². The summed E-state index contributed by atoms with van der Waals surface area (Å²) in [6.45, 7) is 2.08. The first-order valence-electron chi connectivity index (χ1n) is 9.65. The van der Waals surface area contributed by atoms with Gasteiger partial charge in [-0.1, -0.05) is 30.4 Å². The molecule has 0 radical (unpaired) electrons. The van der Waals surface area contributed by atoms with E-state index in [9.17, 15) is 9.59 Å². The van der Waals surface area contributed by atoms with Gasteiger partial charge in [0.25, 0.3) is 0 Å². The lowest BCUT2D eigenvalue weighted by Gasteiger charge is -2.45. The van der Waals surface area contributed by atoms with Gasteiger partial charge < -0.3 is 15.0 Å². The molecule has 0 bridgehead atoms. The number of carbonyl (C=O) groups excluding carboxylic acids is 2. The molecule has 2 saturated heterocycles. The molecule has 0 atom stereocenters. The number of cyclic esters (lactones) is 1. The van der Waals surface area contributed by atoms with Gasteiger partial charge in [-0.2, -0.15) is 0 Å². The zero-order valence-electron chi connectivity index (χ0n) is 14.9. The number of nitrogens with zero attached hydrogens (tertiary/aromatic N) is 1. The third kappa shape index (κ3) is 2.61. The molecule has 1 spiro atoms. The molecule has 2 amide bonds. The molecule has 5 rings (SSSR count). The Morgan fingerprint density at radius 3 is 2.77 bits per heavy atom. The molecule has 2 aliphatic carbocycles. The monoisotopic (exact) mass is 352 g/mol. The summed E-state index contributed by atoms with van der Waals surface area (Å²) in [4.78, 5) is 26.0. The van der Waals surface area contributed by atoms with Crippen molar-refractivity contribution in [1.29, 1.82) is 0 Å². The molecular weight excluding hydrogens is 328 g/mol. The van der Waals surface area contributed by atoms with Gasteiger partial charge in [-0.3, -0.25) is 4.79 Å². The molecular formula is C21H24N2O3. The first-order valence-corrected chi connectivity index (χ1v) is 9.65. The molecule has 1 aromatic carbocycles. The second kappa shape index (κ2) is 5.86. The number of piperidine rings is 1.